The second kappa shape index (κ2) is 4.74. The predicted molar refractivity (Wildman–Crippen MR) is 62.3 cm³/mol. The minimum absolute atomic E-state index is 0.329. The van der Waals surface area contributed by atoms with Gasteiger partial charge in [0.1, 0.15) is 0 Å². The van der Waals surface area contributed by atoms with Gasteiger partial charge in [-0.25, -0.2) is 0 Å². The molecule has 0 aliphatic carbocycles. The molecule has 15 heavy (non-hydrogen) atoms. The van der Waals surface area contributed by atoms with Gasteiger partial charge in [-0.15, -0.1) is 0 Å². The molecule has 0 atom stereocenters. The van der Waals surface area contributed by atoms with Gasteiger partial charge in [-0.1, -0.05) is 0 Å². The van der Waals surface area contributed by atoms with Gasteiger partial charge in [-0.05, 0) is 51.1 Å². The minimum atomic E-state index is -0.661. The molecule has 1 N–H and O–H groups in total. The summed E-state index contributed by atoms with van der Waals surface area (Å²) in [5.74, 6) is 0.360. The van der Waals surface area contributed by atoms with Crippen LogP contribution in [0.2, 0.25) is 0 Å². The fourth-order valence-corrected chi connectivity index (χ4v) is 3.95. The van der Waals surface area contributed by atoms with Crippen LogP contribution in [-0.2, 0) is 4.79 Å². The Hall–Kier alpha value is -0.220. The van der Waals surface area contributed by atoms with Crippen molar-refractivity contribution < 1.29 is 9.90 Å². The SMILES string of the molecule is O=C(O)CCCSC12CCN(CC1)CC2. The van der Waals surface area contributed by atoms with Crippen molar-refractivity contribution in [3.63, 3.8) is 0 Å². The van der Waals surface area contributed by atoms with Crippen LogP contribution in [0.4, 0.5) is 0 Å². The number of carboxylic acid groups (broad SMARTS) is 1. The maximum Gasteiger partial charge on any atom is 0.303 e. The van der Waals surface area contributed by atoms with Gasteiger partial charge < -0.3 is 10.0 Å². The van der Waals surface area contributed by atoms with E-state index < -0.39 is 5.97 Å². The van der Waals surface area contributed by atoms with Gasteiger partial charge >= 0.3 is 5.97 Å². The second-order valence-electron chi connectivity index (χ2n) is 4.62. The standard InChI is InChI=1S/C11H19NO2S/c13-10(14)2-1-9-15-11-3-6-12(7-4-11)8-5-11/h1-9H2,(H,13,14). The molecular weight excluding hydrogens is 210 g/mol. The number of piperidine rings is 3. The smallest absolute Gasteiger partial charge is 0.303 e. The van der Waals surface area contributed by atoms with Gasteiger partial charge in [-0.3, -0.25) is 4.79 Å². The molecule has 0 spiro atoms. The van der Waals surface area contributed by atoms with Crippen LogP contribution in [0.15, 0.2) is 0 Å². The number of carbonyl (C=O) groups is 1. The largest absolute Gasteiger partial charge is 0.481 e. The van der Waals surface area contributed by atoms with Crippen LogP contribution in [0.25, 0.3) is 0 Å². The summed E-state index contributed by atoms with van der Waals surface area (Å²) >= 11 is 2.03. The first-order valence-electron chi connectivity index (χ1n) is 5.78. The number of aliphatic carboxylic acids is 1. The highest BCUT2D eigenvalue weighted by Crippen LogP contribution is 2.43. The zero-order valence-electron chi connectivity index (χ0n) is 9.07. The van der Waals surface area contributed by atoms with E-state index in [-0.39, 0.29) is 0 Å². The molecule has 0 aromatic heterocycles. The monoisotopic (exact) mass is 229 g/mol. The van der Waals surface area contributed by atoms with Crippen LogP contribution in [0.3, 0.4) is 0 Å². The molecule has 0 unspecified atom stereocenters. The third kappa shape index (κ3) is 2.88. The Morgan fingerprint density at radius 3 is 2.40 bits per heavy atom. The number of fused-ring (bicyclic) bond motifs is 3. The van der Waals surface area contributed by atoms with Gasteiger partial charge in [-0.2, -0.15) is 11.8 Å². The van der Waals surface area contributed by atoms with E-state index >= 15 is 0 Å². The summed E-state index contributed by atoms with van der Waals surface area (Å²) in [4.78, 5) is 12.9. The molecule has 0 radical (unpaired) electrons. The van der Waals surface area contributed by atoms with Crippen LogP contribution < -0.4 is 0 Å². The highest BCUT2D eigenvalue weighted by atomic mass is 32.2. The van der Waals surface area contributed by atoms with Crippen molar-refractivity contribution in [2.24, 2.45) is 0 Å². The molecule has 2 bridgehead atoms. The summed E-state index contributed by atoms with van der Waals surface area (Å²) in [5, 5.41) is 8.56. The highest BCUT2D eigenvalue weighted by Gasteiger charge is 2.39. The molecule has 0 amide bonds. The Balaban J connectivity index is 1.71. The average molecular weight is 229 g/mol. The highest BCUT2D eigenvalue weighted by molar-refractivity contribution is 8.00. The molecule has 3 rings (SSSR count). The number of carboxylic acids is 1. The molecule has 0 aromatic rings. The van der Waals surface area contributed by atoms with E-state index in [9.17, 15) is 4.79 Å². The first kappa shape index (κ1) is 11.3. The van der Waals surface area contributed by atoms with Crippen LogP contribution in [0.5, 0.6) is 0 Å². The van der Waals surface area contributed by atoms with E-state index in [1.54, 1.807) is 0 Å². The van der Waals surface area contributed by atoms with Gasteiger partial charge in [0.2, 0.25) is 0 Å². The number of hydrogen-bond acceptors (Lipinski definition) is 3. The molecule has 3 heterocycles. The number of hydrogen-bond donors (Lipinski definition) is 1. The molecule has 86 valence electrons. The van der Waals surface area contributed by atoms with Crippen molar-refractivity contribution >= 4 is 17.7 Å². The lowest BCUT2D eigenvalue weighted by Crippen LogP contribution is -2.50. The lowest BCUT2D eigenvalue weighted by Gasteiger charge is -2.48. The van der Waals surface area contributed by atoms with Crippen molar-refractivity contribution in [3.8, 4) is 0 Å². The molecule has 3 aliphatic heterocycles. The van der Waals surface area contributed by atoms with Crippen molar-refractivity contribution in [3.05, 3.63) is 0 Å². The quantitative estimate of drug-likeness (QED) is 0.730. The third-order valence-electron chi connectivity index (χ3n) is 3.59. The van der Waals surface area contributed by atoms with Gasteiger partial charge in [0.15, 0.2) is 0 Å². The summed E-state index contributed by atoms with van der Waals surface area (Å²) < 4.78 is 0.507. The van der Waals surface area contributed by atoms with E-state index in [1.807, 2.05) is 11.8 Å². The zero-order valence-corrected chi connectivity index (χ0v) is 9.89. The molecule has 0 aromatic carbocycles. The Bertz CT molecular complexity index is 223. The van der Waals surface area contributed by atoms with Crippen LogP contribution in [0, 0.1) is 0 Å². The molecule has 4 heteroatoms. The van der Waals surface area contributed by atoms with E-state index in [2.05, 4.69) is 4.90 Å². The number of rotatable bonds is 5. The normalized spacial score (nSPS) is 34.3. The van der Waals surface area contributed by atoms with Gasteiger partial charge in [0.25, 0.3) is 0 Å². The Morgan fingerprint density at radius 2 is 1.87 bits per heavy atom. The maximum atomic E-state index is 10.4. The molecule has 3 aliphatic rings. The topological polar surface area (TPSA) is 40.5 Å². The predicted octanol–water partition coefficient (Wildman–Crippen LogP) is 1.82. The second-order valence-corrected chi connectivity index (χ2v) is 6.18. The number of nitrogens with zero attached hydrogens (tertiary/aromatic N) is 1. The summed E-state index contributed by atoms with van der Waals surface area (Å²) in [5.41, 5.74) is 0. The van der Waals surface area contributed by atoms with E-state index in [0.29, 0.717) is 11.2 Å². The Labute approximate surface area is 95.2 Å². The third-order valence-corrected chi connectivity index (χ3v) is 5.31. The summed E-state index contributed by atoms with van der Waals surface area (Å²) in [7, 11) is 0. The summed E-state index contributed by atoms with van der Waals surface area (Å²) in [6.07, 6.45) is 5.08. The lowest BCUT2D eigenvalue weighted by atomic mass is 9.87. The molecular formula is C11H19NO2S. The van der Waals surface area contributed by atoms with Crippen molar-refractivity contribution in [2.45, 2.75) is 36.9 Å². The van der Waals surface area contributed by atoms with Crippen molar-refractivity contribution in [1.82, 2.24) is 4.90 Å². The van der Waals surface area contributed by atoms with Crippen LogP contribution in [-0.4, -0.2) is 46.1 Å². The fourth-order valence-electron chi connectivity index (χ4n) is 2.52. The van der Waals surface area contributed by atoms with Gasteiger partial charge in [0, 0.05) is 11.2 Å². The maximum absolute atomic E-state index is 10.4. The van der Waals surface area contributed by atoms with E-state index in [0.717, 1.165) is 12.2 Å². The van der Waals surface area contributed by atoms with Crippen LogP contribution in [0.1, 0.15) is 32.1 Å². The zero-order chi connectivity index (χ0) is 10.7. The Kier molecular flexibility index (Phi) is 3.57. The van der Waals surface area contributed by atoms with Crippen molar-refractivity contribution in [2.75, 3.05) is 25.4 Å². The molecule has 3 fully saturated rings. The van der Waals surface area contributed by atoms with E-state index in [4.69, 9.17) is 5.11 Å². The minimum Gasteiger partial charge on any atom is -0.481 e. The molecule has 3 nitrogen and oxygen atoms in total. The summed E-state index contributed by atoms with van der Waals surface area (Å²) in [6, 6.07) is 0. The first-order valence-corrected chi connectivity index (χ1v) is 6.77. The van der Waals surface area contributed by atoms with Crippen molar-refractivity contribution in [1.29, 1.82) is 0 Å². The van der Waals surface area contributed by atoms with E-state index in [1.165, 1.54) is 38.9 Å². The first-order chi connectivity index (χ1) is 7.20. The fraction of sp³-hybridized carbons (Fsp3) is 0.909. The van der Waals surface area contributed by atoms with Crippen LogP contribution >= 0.6 is 11.8 Å². The molecule has 0 saturated carbocycles. The Morgan fingerprint density at radius 1 is 1.27 bits per heavy atom. The van der Waals surface area contributed by atoms with Gasteiger partial charge in [0.05, 0.1) is 0 Å². The summed E-state index contributed by atoms with van der Waals surface area (Å²) in [6.45, 7) is 3.77. The average Bonchev–Trinajstić information content (AvgIpc) is 2.27. The number of thioether (sulfide) groups is 1. The molecule has 3 saturated heterocycles. The lowest BCUT2D eigenvalue weighted by molar-refractivity contribution is -0.137.